The lowest BCUT2D eigenvalue weighted by Gasteiger charge is -2.07. The number of anilines is 1. The predicted octanol–water partition coefficient (Wildman–Crippen LogP) is 2.60. The van der Waals surface area contributed by atoms with Crippen molar-refractivity contribution in [3.8, 4) is 5.88 Å². The summed E-state index contributed by atoms with van der Waals surface area (Å²) in [5.41, 5.74) is -0.0116. The second-order valence-electron chi connectivity index (χ2n) is 3.54. The number of hydrogen-bond donors (Lipinski definition) is 1. The van der Waals surface area contributed by atoms with Crippen molar-refractivity contribution >= 4 is 11.5 Å². The molecular weight excluding hydrogens is 222 g/mol. The largest absolute Gasteiger partial charge is 0.477 e. The van der Waals surface area contributed by atoms with Crippen molar-refractivity contribution in [2.75, 3.05) is 18.5 Å². The van der Waals surface area contributed by atoms with Gasteiger partial charge in [-0.15, -0.1) is 0 Å². The van der Waals surface area contributed by atoms with Crippen LogP contribution in [0, 0.1) is 10.1 Å². The molecule has 0 aromatic carbocycles. The summed E-state index contributed by atoms with van der Waals surface area (Å²) in [6.07, 6.45) is 1.91. The first-order chi connectivity index (χ1) is 8.17. The quantitative estimate of drug-likeness (QED) is 0.449. The Balaban J connectivity index is 2.83. The number of ether oxygens (including phenoxy) is 1. The normalized spacial score (nSPS) is 10.0. The van der Waals surface area contributed by atoms with E-state index >= 15 is 0 Å². The van der Waals surface area contributed by atoms with Crippen LogP contribution in [0.25, 0.3) is 0 Å². The van der Waals surface area contributed by atoms with Gasteiger partial charge in [0.2, 0.25) is 5.88 Å². The lowest BCUT2D eigenvalue weighted by Crippen LogP contribution is -2.04. The van der Waals surface area contributed by atoms with E-state index in [1.165, 1.54) is 12.1 Å². The summed E-state index contributed by atoms with van der Waals surface area (Å²) >= 11 is 0. The Labute approximate surface area is 100 Å². The topological polar surface area (TPSA) is 77.3 Å². The lowest BCUT2D eigenvalue weighted by atomic mass is 10.3. The van der Waals surface area contributed by atoms with Crippen molar-refractivity contribution in [3.63, 3.8) is 0 Å². The highest BCUT2D eigenvalue weighted by Gasteiger charge is 2.11. The Morgan fingerprint density at radius 1 is 1.47 bits per heavy atom. The maximum absolute atomic E-state index is 10.7. The van der Waals surface area contributed by atoms with E-state index in [1.807, 2.05) is 13.8 Å². The smallest absolute Gasteiger partial charge is 0.278 e. The van der Waals surface area contributed by atoms with E-state index in [0.29, 0.717) is 24.8 Å². The fraction of sp³-hybridized carbons (Fsp3) is 0.545. The van der Waals surface area contributed by atoms with Gasteiger partial charge < -0.3 is 10.1 Å². The maximum Gasteiger partial charge on any atom is 0.278 e. The monoisotopic (exact) mass is 239 g/mol. The third-order valence-corrected chi connectivity index (χ3v) is 2.10. The Morgan fingerprint density at radius 2 is 2.24 bits per heavy atom. The fourth-order valence-corrected chi connectivity index (χ4v) is 1.26. The van der Waals surface area contributed by atoms with Gasteiger partial charge in [0, 0.05) is 6.54 Å². The summed E-state index contributed by atoms with van der Waals surface area (Å²) in [6, 6.07) is 2.74. The van der Waals surface area contributed by atoms with Crippen LogP contribution in [-0.2, 0) is 0 Å². The number of aromatic nitrogens is 1. The summed E-state index contributed by atoms with van der Waals surface area (Å²) in [5.74, 6) is 0.761. The Bertz CT molecular complexity index is 382. The SMILES string of the molecule is CCCCOc1cc([N+](=O)[O-])cc(NCC)n1. The van der Waals surface area contributed by atoms with Crippen LogP contribution >= 0.6 is 0 Å². The molecule has 0 bridgehead atoms. The molecule has 0 aliphatic carbocycles. The molecule has 0 unspecified atom stereocenters. The zero-order valence-corrected chi connectivity index (χ0v) is 10.1. The number of pyridine rings is 1. The van der Waals surface area contributed by atoms with E-state index in [-0.39, 0.29) is 5.69 Å². The minimum absolute atomic E-state index is 0.0116. The van der Waals surface area contributed by atoms with Gasteiger partial charge in [-0.25, -0.2) is 0 Å². The summed E-state index contributed by atoms with van der Waals surface area (Å²) in [4.78, 5) is 14.4. The lowest BCUT2D eigenvalue weighted by molar-refractivity contribution is -0.384. The molecule has 1 heterocycles. The van der Waals surface area contributed by atoms with Gasteiger partial charge in [-0.05, 0) is 13.3 Å². The van der Waals surface area contributed by atoms with Crippen molar-refractivity contribution in [1.82, 2.24) is 4.98 Å². The van der Waals surface area contributed by atoms with Crippen LogP contribution in [0.3, 0.4) is 0 Å². The minimum atomic E-state index is -0.449. The Hall–Kier alpha value is -1.85. The molecule has 17 heavy (non-hydrogen) atoms. The Kier molecular flexibility index (Phi) is 5.19. The number of unbranched alkanes of at least 4 members (excludes halogenated alkanes) is 1. The van der Waals surface area contributed by atoms with E-state index in [4.69, 9.17) is 4.74 Å². The number of nitro groups is 1. The average Bonchev–Trinajstić information content (AvgIpc) is 2.29. The number of hydrogen-bond acceptors (Lipinski definition) is 5. The number of nitrogens with one attached hydrogen (secondary N) is 1. The molecule has 0 spiro atoms. The van der Waals surface area contributed by atoms with Gasteiger partial charge in [0.05, 0.1) is 23.7 Å². The third-order valence-electron chi connectivity index (χ3n) is 2.10. The summed E-state index contributed by atoms with van der Waals surface area (Å²) in [7, 11) is 0. The van der Waals surface area contributed by atoms with Gasteiger partial charge in [-0.3, -0.25) is 10.1 Å². The Morgan fingerprint density at radius 3 is 2.82 bits per heavy atom. The van der Waals surface area contributed by atoms with Gasteiger partial charge in [0.15, 0.2) is 0 Å². The molecule has 6 heteroatoms. The van der Waals surface area contributed by atoms with Crippen LogP contribution in [0.5, 0.6) is 5.88 Å². The second kappa shape index (κ2) is 6.67. The standard InChI is InChI=1S/C11H17N3O3/c1-3-5-6-17-11-8-9(14(15)16)7-10(13-11)12-4-2/h7-8H,3-6H2,1-2H3,(H,12,13). The van der Waals surface area contributed by atoms with E-state index in [0.717, 1.165) is 12.8 Å². The third kappa shape index (κ3) is 4.26. The maximum atomic E-state index is 10.7. The molecule has 6 nitrogen and oxygen atoms in total. The van der Waals surface area contributed by atoms with Crippen molar-refractivity contribution < 1.29 is 9.66 Å². The zero-order valence-electron chi connectivity index (χ0n) is 10.1. The predicted molar refractivity (Wildman–Crippen MR) is 65.5 cm³/mol. The molecule has 1 aromatic rings. The van der Waals surface area contributed by atoms with Crippen LogP contribution in [0.2, 0.25) is 0 Å². The zero-order chi connectivity index (χ0) is 12.7. The van der Waals surface area contributed by atoms with Crippen LogP contribution in [0.4, 0.5) is 11.5 Å². The minimum Gasteiger partial charge on any atom is -0.477 e. The van der Waals surface area contributed by atoms with Gasteiger partial charge in [-0.1, -0.05) is 13.3 Å². The van der Waals surface area contributed by atoms with Gasteiger partial charge in [-0.2, -0.15) is 4.98 Å². The summed E-state index contributed by atoms with van der Waals surface area (Å²) in [5, 5.41) is 13.7. The van der Waals surface area contributed by atoms with Crippen LogP contribution in [0.15, 0.2) is 12.1 Å². The molecule has 0 aliphatic rings. The van der Waals surface area contributed by atoms with Crippen LogP contribution < -0.4 is 10.1 Å². The highest BCUT2D eigenvalue weighted by Crippen LogP contribution is 2.22. The molecule has 0 aliphatic heterocycles. The van der Waals surface area contributed by atoms with Gasteiger partial charge >= 0.3 is 0 Å². The van der Waals surface area contributed by atoms with Crippen molar-refractivity contribution in [1.29, 1.82) is 0 Å². The van der Waals surface area contributed by atoms with E-state index in [2.05, 4.69) is 10.3 Å². The highest BCUT2D eigenvalue weighted by atomic mass is 16.6. The summed E-state index contributed by atoms with van der Waals surface area (Å²) < 4.78 is 5.37. The van der Waals surface area contributed by atoms with Gasteiger partial charge in [0.1, 0.15) is 5.82 Å². The second-order valence-corrected chi connectivity index (χ2v) is 3.54. The first-order valence-corrected chi connectivity index (χ1v) is 5.70. The van der Waals surface area contributed by atoms with E-state index in [1.54, 1.807) is 0 Å². The van der Waals surface area contributed by atoms with Crippen molar-refractivity contribution in [2.24, 2.45) is 0 Å². The fourth-order valence-electron chi connectivity index (χ4n) is 1.26. The molecule has 0 saturated heterocycles. The molecular formula is C11H17N3O3. The van der Waals surface area contributed by atoms with Crippen molar-refractivity contribution in [3.05, 3.63) is 22.2 Å². The van der Waals surface area contributed by atoms with Crippen molar-refractivity contribution in [2.45, 2.75) is 26.7 Å². The molecule has 0 atom stereocenters. The molecule has 94 valence electrons. The summed E-state index contributed by atoms with van der Waals surface area (Å²) in [6.45, 7) is 5.13. The molecule has 1 N–H and O–H groups in total. The average molecular weight is 239 g/mol. The van der Waals surface area contributed by atoms with E-state index in [9.17, 15) is 10.1 Å². The molecule has 1 aromatic heterocycles. The molecule has 0 radical (unpaired) electrons. The molecule has 0 fully saturated rings. The molecule has 0 saturated carbocycles. The number of rotatable bonds is 7. The number of nitrogens with zero attached hydrogens (tertiary/aromatic N) is 2. The first kappa shape index (κ1) is 13.2. The molecule has 1 rings (SSSR count). The first-order valence-electron chi connectivity index (χ1n) is 5.70. The van der Waals surface area contributed by atoms with Crippen LogP contribution in [-0.4, -0.2) is 23.1 Å². The van der Waals surface area contributed by atoms with E-state index < -0.39 is 4.92 Å². The van der Waals surface area contributed by atoms with Gasteiger partial charge in [0.25, 0.3) is 5.69 Å². The molecule has 0 amide bonds. The highest BCUT2D eigenvalue weighted by molar-refractivity contribution is 5.48. The van der Waals surface area contributed by atoms with Crippen LogP contribution in [0.1, 0.15) is 26.7 Å².